The maximum absolute atomic E-state index is 13.2. The molecule has 0 aliphatic rings. The van der Waals surface area contributed by atoms with Crippen LogP contribution in [0.15, 0.2) is 68.6 Å². The molecule has 0 aliphatic carbocycles. The lowest BCUT2D eigenvalue weighted by Gasteiger charge is -2.13. The van der Waals surface area contributed by atoms with Crippen LogP contribution >= 0.6 is 0 Å². The van der Waals surface area contributed by atoms with Crippen LogP contribution in [0, 0.1) is 0 Å². The fourth-order valence-corrected chi connectivity index (χ4v) is 3.18. The van der Waals surface area contributed by atoms with Crippen LogP contribution in [0.25, 0.3) is 27.6 Å². The van der Waals surface area contributed by atoms with E-state index in [2.05, 4.69) is 0 Å². The van der Waals surface area contributed by atoms with E-state index in [4.69, 9.17) is 4.42 Å². The van der Waals surface area contributed by atoms with E-state index in [9.17, 15) is 14.7 Å². The van der Waals surface area contributed by atoms with Crippen LogP contribution in [0.4, 0.5) is 0 Å². The van der Waals surface area contributed by atoms with Crippen LogP contribution < -0.4 is 11.2 Å². The first-order valence-corrected chi connectivity index (χ1v) is 8.01. The summed E-state index contributed by atoms with van der Waals surface area (Å²) in [7, 11) is 0. The van der Waals surface area contributed by atoms with Crippen LogP contribution in [-0.4, -0.2) is 9.67 Å². The number of hydrogen-bond donors (Lipinski definition) is 1. The number of fused-ring (bicyclic) bond motifs is 3. The third kappa shape index (κ3) is 2.16. The van der Waals surface area contributed by atoms with Gasteiger partial charge in [-0.05, 0) is 30.7 Å². The zero-order valence-electron chi connectivity index (χ0n) is 13.5. The number of aromatic hydroxyl groups is 1. The van der Waals surface area contributed by atoms with Crippen molar-refractivity contribution in [2.45, 2.75) is 13.3 Å². The normalized spacial score (nSPS) is 11.2. The van der Waals surface area contributed by atoms with Gasteiger partial charge in [-0.1, -0.05) is 37.3 Å². The van der Waals surface area contributed by atoms with Crippen LogP contribution in [0.3, 0.4) is 0 Å². The SMILES string of the molecule is CCc1c(O)c2c(=O)n(-c3ccccc3)c3ccccc3c2oc1=O. The van der Waals surface area contributed by atoms with Gasteiger partial charge in [-0.2, -0.15) is 0 Å². The number of para-hydroxylation sites is 2. The topological polar surface area (TPSA) is 72.4 Å². The average molecular weight is 333 g/mol. The largest absolute Gasteiger partial charge is 0.506 e. The molecule has 0 bridgehead atoms. The van der Waals surface area contributed by atoms with Crippen molar-refractivity contribution in [2.75, 3.05) is 0 Å². The summed E-state index contributed by atoms with van der Waals surface area (Å²) in [6, 6.07) is 16.3. The minimum absolute atomic E-state index is 0.0269. The third-order valence-corrected chi connectivity index (χ3v) is 4.37. The van der Waals surface area contributed by atoms with Gasteiger partial charge in [-0.15, -0.1) is 0 Å². The summed E-state index contributed by atoms with van der Waals surface area (Å²) in [6.45, 7) is 1.73. The Hall–Kier alpha value is -3.34. The molecule has 0 saturated heterocycles. The molecule has 5 heteroatoms. The van der Waals surface area contributed by atoms with Crippen LogP contribution in [-0.2, 0) is 6.42 Å². The summed E-state index contributed by atoms with van der Waals surface area (Å²) in [5.74, 6) is -0.297. The molecule has 1 N–H and O–H groups in total. The highest BCUT2D eigenvalue weighted by molar-refractivity contribution is 6.04. The predicted octanol–water partition coefficient (Wildman–Crippen LogP) is 3.37. The second-order valence-electron chi connectivity index (χ2n) is 5.77. The number of benzene rings is 2. The van der Waals surface area contributed by atoms with Crippen molar-refractivity contribution in [1.29, 1.82) is 0 Å². The number of aromatic nitrogens is 1. The van der Waals surface area contributed by atoms with E-state index in [1.807, 2.05) is 36.4 Å². The molecule has 2 heterocycles. The molecule has 25 heavy (non-hydrogen) atoms. The van der Waals surface area contributed by atoms with Gasteiger partial charge in [0.15, 0.2) is 5.58 Å². The van der Waals surface area contributed by atoms with Crippen LogP contribution in [0.1, 0.15) is 12.5 Å². The van der Waals surface area contributed by atoms with Crippen molar-refractivity contribution < 1.29 is 9.52 Å². The second-order valence-corrected chi connectivity index (χ2v) is 5.77. The van der Waals surface area contributed by atoms with Crippen molar-refractivity contribution >= 4 is 21.9 Å². The smallest absolute Gasteiger partial charge is 0.343 e. The van der Waals surface area contributed by atoms with Gasteiger partial charge in [0.25, 0.3) is 5.56 Å². The predicted molar refractivity (Wildman–Crippen MR) is 96.6 cm³/mol. The van der Waals surface area contributed by atoms with Crippen molar-refractivity contribution in [3.8, 4) is 11.4 Å². The first kappa shape index (κ1) is 15.2. The average Bonchev–Trinajstić information content (AvgIpc) is 2.63. The summed E-state index contributed by atoms with van der Waals surface area (Å²) < 4.78 is 6.95. The lowest BCUT2D eigenvalue weighted by atomic mass is 10.1. The number of pyridine rings is 1. The third-order valence-electron chi connectivity index (χ3n) is 4.37. The summed E-state index contributed by atoms with van der Waals surface area (Å²) in [6.07, 6.45) is 0.279. The molecular formula is C20H15NO4. The molecule has 0 amide bonds. The highest BCUT2D eigenvalue weighted by atomic mass is 16.4. The maximum Gasteiger partial charge on any atom is 0.343 e. The number of nitrogens with zero attached hydrogens (tertiary/aromatic N) is 1. The molecule has 0 atom stereocenters. The minimum atomic E-state index is -0.616. The summed E-state index contributed by atoms with van der Waals surface area (Å²) >= 11 is 0. The Morgan fingerprint density at radius 2 is 1.68 bits per heavy atom. The quantitative estimate of drug-likeness (QED) is 0.571. The summed E-state index contributed by atoms with van der Waals surface area (Å²) in [5.41, 5.74) is 0.476. The molecule has 4 rings (SSSR count). The molecule has 2 aromatic heterocycles. The van der Waals surface area contributed by atoms with E-state index < -0.39 is 11.2 Å². The van der Waals surface area contributed by atoms with Gasteiger partial charge in [0.05, 0.1) is 11.1 Å². The highest BCUT2D eigenvalue weighted by Crippen LogP contribution is 2.30. The molecule has 124 valence electrons. The van der Waals surface area contributed by atoms with Gasteiger partial charge in [0, 0.05) is 11.1 Å². The van der Waals surface area contributed by atoms with Gasteiger partial charge >= 0.3 is 5.63 Å². The minimum Gasteiger partial charge on any atom is -0.506 e. The Labute approximate surface area is 142 Å². The molecule has 0 saturated carbocycles. The van der Waals surface area contributed by atoms with Crippen LogP contribution in [0.5, 0.6) is 5.75 Å². The first-order valence-electron chi connectivity index (χ1n) is 8.01. The van der Waals surface area contributed by atoms with Crippen molar-refractivity contribution in [3.05, 3.63) is 80.9 Å². The van der Waals surface area contributed by atoms with E-state index in [0.717, 1.165) is 0 Å². The lowest BCUT2D eigenvalue weighted by molar-refractivity contribution is 0.457. The summed E-state index contributed by atoms with van der Waals surface area (Å²) in [5, 5.41) is 11.2. The second kappa shape index (κ2) is 5.63. The summed E-state index contributed by atoms with van der Waals surface area (Å²) in [4.78, 5) is 25.3. The molecule has 4 aromatic rings. The van der Waals surface area contributed by atoms with E-state index in [1.165, 1.54) is 4.57 Å². The van der Waals surface area contributed by atoms with E-state index in [1.54, 1.807) is 25.1 Å². The molecular weight excluding hydrogens is 318 g/mol. The Morgan fingerprint density at radius 1 is 1.00 bits per heavy atom. The number of hydrogen-bond acceptors (Lipinski definition) is 4. The van der Waals surface area contributed by atoms with Gasteiger partial charge < -0.3 is 9.52 Å². The zero-order chi connectivity index (χ0) is 17.6. The number of rotatable bonds is 2. The first-order chi connectivity index (χ1) is 12.1. The van der Waals surface area contributed by atoms with Gasteiger partial charge in [-0.3, -0.25) is 9.36 Å². The Kier molecular flexibility index (Phi) is 3.42. The molecule has 5 nitrogen and oxygen atoms in total. The molecule has 0 unspecified atom stereocenters. The Bertz CT molecular complexity index is 1220. The van der Waals surface area contributed by atoms with Crippen molar-refractivity contribution in [3.63, 3.8) is 0 Å². The molecule has 0 aliphatic heterocycles. The van der Waals surface area contributed by atoms with Crippen molar-refractivity contribution in [2.24, 2.45) is 0 Å². The standard InChI is InChI=1S/C20H15NO4/c1-2-13-17(22)16-18(25-20(13)24)14-10-6-7-11-15(14)21(19(16)23)12-8-4-3-5-9-12/h3-11,22H,2H2,1H3. The molecule has 0 radical (unpaired) electrons. The fraction of sp³-hybridized carbons (Fsp3) is 0.100. The zero-order valence-corrected chi connectivity index (χ0v) is 13.5. The van der Waals surface area contributed by atoms with E-state index in [0.29, 0.717) is 16.6 Å². The van der Waals surface area contributed by atoms with Gasteiger partial charge in [0.2, 0.25) is 0 Å². The molecule has 2 aromatic carbocycles. The lowest BCUT2D eigenvalue weighted by Crippen LogP contribution is -2.21. The van der Waals surface area contributed by atoms with Crippen molar-refractivity contribution in [1.82, 2.24) is 4.57 Å². The molecule has 0 spiro atoms. The van der Waals surface area contributed by atoms with E-state index in [-0.39, 0.29) is 28.7 Å². The monoisotopic (exact) mass is 333 g/mol. The maximum atomic E-state index is 13.2. The molecule has 0 fully saturated rings. The van der Waals surface area contributed by atoms with Crippen LogP contribution in [0.2, 0.25) is 0 Å². The Balaban J connectivity index is 2.32. The van der Waals surface area contributed by atoms with E-state index >= 15 is 0 Å². The fourth-order valence-electron chi connectivity index (χ4n) is 3.18. The highest BCUT2D eigenvalue weighted by Gasteiger charge is 2.20. The van der Waals surface area contributed by atoms with Gasteiger partial charge in [0.1, 0.15) is 11.1 Å². The van der Waals surface area contributed by atoms with Gasteiger partial charge in [-0.25, -0.2) is 4.79 Å². The Morgan fingerprint density at radius 3 is 2.40 bits per heavy atom.